The van der Waals surface area contributed by atoms with E-state index in [0.29, 0.717) is 11.1 Å². The molecule has 0 N–H and O–H groups in total. The molecule has 0 aliphatic carbocycles. The third-order valence-corrected chi connectivity index (χ3v) is 12.4. The summed E-state index contributed by atoms with van der Waals surface area (Å²) < 4.78 is 0. The van der Waals surface area contributed by atoms with Crippen molar-refractivity contribution in [2.24, 2.45) is 0 Å². The number of hydrogen-bond acceptors (Lipinski definition) is 4. The minimum Gasteiger partial charge on any atom is -0.545 e. The van der Waals surface area contributed by atoms with Gasteiger partial charge in [-0.2, -0.15) is 0 Å². The number of fused-ring (bicyclic) bond motifs is 2. The van der Waals surface area contributed by atoms with Crippen molar-refractivity contribution in [3.05, 3.63) is 144 Å². The third-order valence-electron chi connectivity index (χ3n) is 12.4. The van der Waals surface area contributed by atoms with E-state index >= 15 is 0 Å². The largest absolute Gasteiger partial charge is 2.00 e. The number of hydrogen-bond donors (Lipinski definition) is 0. The van der Waals surface area contributed by atoms with E-state index in [1.165, 1.54) is 116 Å². The van der Waals surface area contributed by atoms with Gasteiger partial charge >= 0.3 is 37.7 Å². The maximum absolute atomic E-state index is 12.2. The van der Waals surface area contributed by atoms with Gasteiger partial charge < -0.3 is 19.8 Å². The Bertz CT molecular complexity index is 2090. The van der Waals surface area contributed by atoms with E-state index in [-0.39, 0.29) is 37.7 Å². The SMILES string of the molecule is CCCCCCCCCCCCc1cc2ccccc2c(C(=O)[O-])c1-c1ccccc1.CCCCCCCCCCCCc1cc2ccccc2c(C(=O)[O-])c1-c1ccccc1.[Ca+2]. The minimum atomic E-state index is -1.10. The molecule has 0 aliphatic rings. The van der Waals surface area contributed by atoms with Gasteiger partial charge in [0.2, 0.25) is 0 Å². The molecule has 6 aromatic carbocycles. The first-order valence-corrected chi connectivity index (χ1v) is 24.1. The van der Waals surface area contributed by atoms with E-state index in [4.69, 9.17) is 0 Å². The number of unbranched alkanes of at least 4 members (excludes halogenated alkanes) is 18. The molecule has 0 unspecified atom stereocenters. The Labute approximate surface area is 408 Å². The van der Waals surface area contributed by atoms with Crippen LogP contribution in [0.4, 0.5) is 0 Å². The minimum absolute atomic E-state index is 0. The second-order valence-corrected chi connectivity index (χ2v) is 17.2. The van der Waals surface area contributed by atoms with Gasteiger partial charge in [-0.15, -0.1) is 0 Å². The van der Waals surface area contributed by atoms with Crippen LogP contribution >= 0.6 is 0 Å². The Morgan fingerprint density at radius 3 is 0.984 bits per heavy atom. The van der Waals surface area contributed by atoms with Crippen molar-refractivity contribution in [1.29, 1.82) is 0 Å². The Morgan fingerprint density at radius 2 is 0.667 bits per heavy atom. The smallest absolute Gasteiger partial charge is 0.545 e. The zero-order valence-electron chi connectivity index (χ0n) is 38.4. The number of carboxylic acid groups (broad SMARTS) is 2. The van der Waals surface area contributed by atoms with Gasteiger partial charge in [-0.1, -0.05) is 251 Å². The van der Waals surface area contributed by atoms with Crippen molar-refractivity contribution in [3.63, 3.8) is 0 Å². The predicted octanol–water partition coefficient (Wildman–Crippen LogP) is 14.3. The second-order valence-electron chi connectivity index (χ2n) is 17.2. The van der Waals surface area contributed by atoms with Crippen LogP contribution in [0.25, 0.3) is 43.8 Å². The zero-order chi connectivity index (χ0) is 43.8. The molecular formula is C58H70CaO4. The average molecular weight is 871 g/mol. The molecule has 6 aromatic rings. The summed E-state index contributed by atoms with van der Waals surface area (Å²) in [6, 6.07) is 39.6. The van der Waals surface area contributed by atoms with E-state index in [0.717, 1.165) is 80.6 Å². The summed E-state index contributed by atoms with van der Waals surface area (Å²) in [5.41, 5.74) is 6.44. The summed E-state index contributed by atoms with van der Waals surface area (Å²) >= 11 is 0. The van der Waals surface area contributed by atoms with Crippen LogP contribution in [0.3, 0.4) is 0 Å². The topological polar surface area (TPSA) is 80.3 Å². The molecule has 0 bridgehead atoms. The van der Waals surface area contributed by atoms with Gasteiger partial charge in [-0.05, 0) is 80.6 Å². The quantitative estimate of drug-likeness (QED) is 0.0402. The fraction of sp³-hybridized carbons (Fsp3) is 0.414. The van der Waals surface area contributed by atoms with E-state index in [1.807, 2.05) is 109 Å². The van der Waals surface area contributed by atoms with Gasteiger partial charge in [0, 0.05) is 11.1 Å². The molecule has 0 saturated heterocycles. The fourth-order valence-electron chi connectivity index (χ4n) is 9.10. The van der Waals surface area contributed by atoms with Gasteiger partial charge in [0.15, 0.2) is 0 Å². The molecule has 0 radical (unpaired) electrons. The number of benzene rings is 6. The summed E-state index contributed by atoms with van der Waals surface area (Å²) in [7, 11) is 0. The normalized spacial score (nSPS) is 11.0. The van der Waals surface area contributed by atoms with E-state index in [9.17, 15) is 19.8 Å². The van der Waals surface area contributed by atoms with Crippen molar-refractivity contribution < 1.29 is 19.8 Å². The number of carbonyl (C=O) groups excluding carboxylic acids is 2. The van der Waals surface area contributed by atoms with Crippen LogP contribution in [-0.2, 0) is 12.8 Å². The van der Waals surface area contributed by atoms with Gasteiger partial charge in [-0.25, -0.2) is 0 Å². The molecule has 0 aliphatic heterocycles. The number of aromatic carboxylic acids is 2. The second kappa shape index (κ2) is 29.5. The Hall–Kier alpha value is -3.96. The monoisotopic (exact) mass is 870 g/mol. The van der Waals surface area contributed by atoms with E-state index in [2.05, 4.69) is 26.0 Å². The van der Waals surface area contributed by atoms with Crippen molar-refractivity contribution in [3.8, 4) is 22.3 Å². The number of carbonyl (C=O) groups is 2. The first kappa shape index (κ1) is 51.7. The van der Waals surface area contributed by atoms with Crippen LogP contribution in [0.2, 0.25) is 0 Å². The predicted molar refractivity (Wildman–Crippen MR) is 264 cm³/mol. The molecule has 4 nitrogen and oxygen atoms in total. The van der Waals surface area contributed by atoms with E-state index in [1.54, 1.807) is 0 Å². The zero-order valence-corrected chi connectivity index (χ0v) is 40.7. The molecule has 0 amide bonds. The van der Waals surface area contributed by atoms with Gasteiger partial charge in [0.05, 0.1) is 11.9 Å². The molecule has 0 atom stereocenters. The summed E-state index contributed by atoms with van der Waals surface area (Å²) in [6.07, 6.45) is 27.7. The van der Waals surface area contributed by atoms with Crippen LogP contribution in [0, 0.1) is 0 Å². The van der Waals surface area contributed by atoms with Crippen molar-refractivity contribution >= 4 is 71.2 Å². The molecule has 0 spiro atoms. The third kappa shape index (κ3) is 16.2. The Kier molecular flexibility index (Phi) is 24.2. The molecule has 0 saturated carbocycles. The van der Waals surface area contributed by atoms with Crippen molar-refractivity contribution in [2.75, 3.05) is 0 Å². The number of rotatable bonds is 26. The van der Waals surface area contributed by atoms with Gasteiger partial charge in [0.1, 0.15) is 0 Å². The summed E-state index contributed by atoms with van der Waals surface area (Å²) in [6.45, 7) is 4.52. The first-order valence-electron chi connectivity index (χ1n) is 24.1. The van der Waals surface area contributed by atoms with Gasteiger partial charge in [-0.3, -0.25) is 0 Å². The number of carboxylic acids is 2. The first-order chi connectivity index (χ1) is 30.4. The van der Waals surface area contributed by atoms with Crippen molar-refractivity contribution in [1.82, 2.24) is 0 Å². The summed E-state index contributed by atoms with van der Waals surface area (Å²) in [5, 5.41) is 27.9. The molecular weight excluding hydrogens is 801 g/mol. The Balaban J connectivity index is 0.000000272. The average Bonchev–Trinajstić information content (AvgIpc) is 3.29. The summed E-state index contributed by atoms with van der Waals surface area (Å²) in [4.78, 5) is 24.4. The summed E-state index contributed by atoms with van der Waals surface area (Å²) in [5.74, 6) is -2.19. The van der Waals surface area contributed by atoms with Crippen LogP contribution in [0.1, 0.15) is 174 Å². The molecule has 5 heteroatoms. The molecule has 328 valence electrons. The molecule has 0 aromatic heterocycles. The van der Waals surface area contributed by atoms with Crippen molar-refractivity contribution in [2.45, 2.75) is 155 Å². The van der Waals surface area contributed by atoms with Crippen LogP contribution in [0.15, 0.2) is 121 Å². The van der Waals surface area contributed by atoms with Crippen LogP contribution in [0.5, 0.6) is 0 Å². The van der Waals surface area contributed by atoms with Gasteiger partial charge in [0.25, 0.3) is 0 Å². The van der Waals surface area contributed by atoms with E-state index < -0.39 is 11.9 Å². The Morgan fingerprint density at radius 1 is 0.381 bits per heavy atom. The maximum atomic E-state index is 12.2. The molecule has 0 heterocycles. The van der Waals surface area contributed by atoms with Crippen LogP contribution in [-0.4, -0.2) is 49.7 Å². The van der Waals surface area contributed by atoms with Crippen LogP contribution < -0.4 is 10.2 Å². The molecule has 6 rings (SSSR count). The maximum Gasteiger partial charge on any atom is 2.00 e. The number of aryl methyl sites for hydroxylation is 2. The fourth-order valence-corrected chi connectivity index (χ4v) is 9.10. The molecule has 63 heavy (non-hydrogen) atoms. The standard InChI is InChI=1S/2C29H36O2.Ca/c2*1-2-3-4-5-6-7-8-9-10-12-20-25-22-24-19-15-16-21-26(24)28(29(30)31)27(25)23-17-13-11-14-18-23;/h2*11,13-19,21-22H,2-10,12,20H2,1H3,(H,30,31);/q;;+2/p-2. The molecule has 0 fully saturated rings.